The van der Waals surface area contributed by atoms with Crippen LogP contribution in [0, 0.1) is 12.8 Å². The topological polar surface area (TPSA) is 49.4 Å². The molecule has 3 aromatic rings. The highest BCUT2D eigenvalue weighted by molar-refractivity contribution is 5.88. The summed E-state index contributed by atoms with van der Waals surface area (Å²) in [6.45, 7) is 7.12. The Labute approximate surface area is 197 Å². The smallest absolute Gasteiger partial charge is 0.243 e. The van der Waals surface area contributed by atoms with Gasteiger partial charge in [-0.05, 0) is 29.5 Å². The van der Waals surface area contributed by atoms with Crippen LogP contribution in [0.25, 0.3) is 0 Å². The van der Waals surface area contributed by atoms with E-state index in [1.165, 1.54) is 0 Å². The van der Waals surface area contributed by atoms with Crippen LogP contribution in [0.4, 0.5) is 0 Å². The van der Waals surface area contributed by atoms with Crippen molar-refractivity contribution in [3.8, 4) is 0 Å². The Balaban J connectivity index is 1.93. The second-order valence-corrected chi connectivity index (χ2v) is 9.02. The van der Waals surface area contributed by atoms with Crippen molar-refractivity contribution in [3.63, 3.8) is 0 Å². The lowest BCUT2D eigenvalue weighted by atomic mass is 10.0. The molecule has 0 unspecified atom stereocenters. The Kier molecular flexibility index (Phi) is 8.82. The molecule has 0 aliphatic carbocycles. The largest absolute Gasteiger partial charge is 0.354 e. The van der Waals surface area contributed by atoms with Gasteiger partial charge in [-0.25, -0.2) is 0 Å². The summed E-state index contributed by atoms with van der Waals surface area (Å²) in [4.78, 5) is 28.8. The van der Waals surface area contributed by atoms with E-state index >= 15 is 0 Å². The predicted octanol–water partition coefficient (Wildman–Crippen LogP) is 4.95. The third-order valence-electron chi connectivity index (χ3n) is 5.59. The number of hydrogen-bond donors (Lipinski definition) is 1. The number of benzene rings is 3. The number of nitrogens with one attached hydrogen (secondary N) is 1. The second kappa shape index (κ2) is 12.0. The van der Waals surface area contributed by atoms with Crippen molar-refractivity contribution in [1.29, 1.82) is 0 Å². The van der Waals surface area contributed by atoms with Crippen LogP contribution in [0.3, 0.4) is 0 Å². The molecule has 1 atom stereocenters. The number of nitrogens with zero attached hydrogens (tertiary/aromatic N) is 1. The summed E-state index contributed by atoms with van der Waals surface area (Å²) in [5.41, 5.74) is 4.11. The third kappa shape index (κ3) is 7.60. The molecule has 0 aliphatic rings. The van der Waals surface area contributed by atoms with E-state index < -0.39 is 6.04 Å². The molecule has 0 bridgehead atoms. The zero-order valence-corrected chi connectivity index (χ0v) is 19.8. The van der Waals surface area contributed by atoms with Crippen molar-refractivity contribution in [2.24, 2.45) is 5.92 Å². The van der Waals surface area contributed by atoms with E-state index in [9.17, 15) is 9.59 Å². The first-order valence-corrected chi connectivity index (χ1v) is 11.6. The van der Waals surface area contributed by atoms with Gasteiger partial charge in [0.2, 0.25) is 11.8 Å². The fraction of sp³-hybridized carbons (Fsp3) is 0.310. The van der Waals surface area contributed by atoms with Crippen molar-refractivity contribution in [3.05, 3.63) is 107 Å². The number of hydrogen-bond acceptors (Lipinski definition) is 2. The molecular weight excluding hydrogens is 408 g/mol. The van der Waals surface area contributed by atoms with Crippen molar-refractivity contribution < 1.29 is 9.59 Å². The van der Waals surface area contributed by atoms with Crippen LogP contribution in [0.1, 0.15) is 36.1 Å². The highest BCUT2D eigenvalue weighted by Gasteiger charge is 2.30. The van der Waals surface area contributed by atoms with Gasteiger partial charge in [0.1, 0.15) is 6.04 Å². The third-order valence-corrected chi connectivity index (χ3v) is 5.59. The molecule has 3 rings (SSSR count). The average molecular weight is 443 g/mol. The molecule has 0 spiro atoms. The SMILES string of the molecule is Cc1cccc(CC(=O)N(Cc2ccccc2)[C@@H](Cc2ccccc2)C(=O)NCC(C)C)c1. The van der Waals surface area contributed by atoms with E-state index in [4.69, 9.17) is 0 Å². The van der Waals surface area contributed by atoms with Gasteiger partial charge in [-0.3, -0.25) is 9.59 Å². The Morgan fingerprint density at radius 1 is 0.818 bits per heavy atom. The van der Waals surface area contributed by atoms with Gasteiger partial charge in [0, 0.05) is 19.5 Å². The molecule has 0 saturated carbocycles. The highest BCUT2D eigenvalue weighted by Crippen LogP contribution is 2.17. The number of carbonyl (C=O) groups excluding carboxylic acids is 2. The summed E-state index contributed by atoms with van der Waals surface area (Å²) < 4.78 is 0. The van der Waals surface area contributed by atoms with Crippen molar-refractivity contribution in [2.75, 3.05) is 6.54 Å². The molecule has 0 aliphatic heterocycles. The molecule has 172 valence electrons. The predicted molar refractivity (Wildman–Crippen MR) is 134 cm³/mol. The van der Waals surface area contributed by atoms with Gasteiger partial charge in [-0.15, -0.1) is 0 Å². The van der Waals surface area contributed by atoms with Gasteiger partial charge in [-0.1, -0.05) is 104 Å². The van der Waals surface area contributed by atoms with Gasteiger partial charge in [-0.2, -0.15) is 0 Å². The quantitative estimate of drug-likeness (QED) is 0.483. The molecule has 0 aromatic heterocycles. The standard InChI is InChI=1S/C29H34N2O2/c1-22(2)20-30-29(33)27(18-24-12-6-4-7-13-24)31(21-25-14-8-5-9-15-25)28(32)19-26-16-10-11-23(3)17-26/h4-17,22,27H,18-21H2,1-3H3,(H,30,33)/t27-/m0/s1. The fourth-order valence-electron chi connectivity index (χ4n) is 3.85. The zero-order valence-electron chi connectivity index (χ0n) is 19.8. The molecular formula is C29H34N2O2. The number of rotatable bonds is 10. The van der Waals surface area contributed by atoms with Crippen LogP contribution in [-0.4, -0.2) is 29.3 Å². The molecule has 0 heterocycles. The summed E-state index contributed by atoms with van der Waals surface area (Å²) in [5.74, 6) is 0.169. The van der Waals surface area contributed by atoms with Crippen molar-refractivity contribution in [1.82, 2.24) is 10.2 Å². The first-order chi connectivity index (χ1) is 15.9. The van der Waals surface area contributed by atoms with E-state index in [1.807, 2.05) is 91.9 Å². The summed E-state index contributed by atoms with van der Waals surface area (Å²) >= 11 is 0. The zero-order chi connectivity index (χ0) is 23.6. The van der Waals surface area contributed by atoms with E-state index in [0.717, 1.165) is 22.3 Å². The van der Waals surface area contributed by atoms with E-state index in [1.54, 1.807) is 4.90 Å². The van der Waals surface area contributed by atoms with Crippen LogP contribution >= 0.6 is 0 Å². The molecule has 33 heavy (non-hydrogen) atoms. The van der Waals surface area contributed by atoms with E-state index in [-0.39, 0.29) is 18.2 Å². The normalized spacial score (nSPS) is 11.8. The van der Waals surface area contributed by atoms with E-state index in [2.05, 4.69) is 19.2 Å². The maximum atomic E-state index is 13.6. The number of amides is 2. The molecule has 0 fully saturated rings. The highest BCUT2D eigenvalue weighted by atomic mass is 16.2. The lowest BCUT2D eigenvalue weighted by Crippen LogP contribution is -2.51. The summed E-state index contributed by atoms with van der Waals surface area (Å²) in [6, 6.07) is 27.2. The molecule has 4 nitrogen and oxygen atoms in total. The summed E-state index contributed by atoms with van der Waals surface area (Å²) in [6.07, 6.45) is 0.731. The van der Waals surface area contributed by atoms with Gasteiger partial charge < -0.3 is 10.2 Å². The molecule has 0 radical (unpaired) electrons. The first-order valence-electron chi connectivity index (χ1n) is 11.6. The monoisotopic (exact) mass is 442 g/mol. The minimum Gasteiger partial charge on any atom is -0.354 e. The lowest BCUT2D eigenvalue weighted by molar-refractivity contribution is -0.140. The molecule has 2 amide bonds. The van der Waals surface area contributed by atoms with Crippen LogP contribution in [0.15, 0.2) is 84.9 Å². The van der Waals surface area contributed by atoms with Gasteiger partial charge in [0.15, 0.2) is 0 Å². The minimum absolute atomic E-state index is 0.0509. The maximum absolute atomic E-state index is 13.6. The van der Waals surface area contributed by atoms with E-state index in [0.29, 0.717) is 25.4 Å². The maximum Gasteiger partial charge on any atom is 0.243 e. The Hall–Kier alpha value is -3.40. The Bertz CT molecular complexity index is 1030. The molecule has 0 saturated heterocycles. The Morgan fingerprint density at radius 3 is 2.03 bits per heavy atom. The lowest BCUT2D eigenvalue weighted by Gasteiger charge is -2.32. The summed E-state index contributed by atoms with van der Waals surface area (Å²) in [5, 5.41) is 3.06. The van der Waals surface area contributed by atoms with Crippen LogP contribution < -0.4 is 5.32 Å². The average Bonchev–Trinajstić information content (AvgIpc) is 2.81. The summed E-state index contributed by atoms with van der Waals surface area (Å²) in [7, 11) is 0. The second-order valence-electron chi connectivity index (χ2n) is 9.02. The van der Waals surface area contributed by atoms with Gasteiger partial charge in [0.25, 0.3) is 0 Å². The fourth-order valence-corrected chi connectivity index (χ4v) is 3.85. The van der Waals surface area contributed by atoms with Crippen LogP contribution in [0.2, 0.25) is 0 Å². The molecule has 3 aromatic carbocycles. The van der Waals surface area contributed by atoms with Crippen molar-refractivity contribution >= 4 is 11.8 Å². The number of aryl methyl sites for hydroxylation is 1. The van der Waals surface area contributed by atoms with Crippen molar-refractivity contribution in [2.45, 2.75) is 46.2 Å². The van der Waals surface area contributed by atoms with Gasteiger partial charge in [0.05, 0.1) is 6.42 Å². The number of carbonyl (C=O) groups is 2. The molecule has 1 N–H and O–H groups in total. The van der Waals surface area contributed by atoms with Gasteiger partial charge >= 0.3 is 0 Å². The van der Waals surface area contributed by atoms with Crippen LogP contribution in [-0.2, 0) is 29.0 Å². The van der Waals surface area contributed by atoms with Crippen LogP contribution in [0.5, 0.6) is 0 Å². The minimum atomic E-state index is -0.594. The first kappa shape index (κ1) is 24.2. The molecule has 4 heteroatoms. The Morgan fingerprint density at radius 2 is 1.42 bits per heavy atom.